The van der Waals surface area contributed by atoms with Gasteiger partial charge < -0.3 is 15.9 Å². The largest absolute Gasteiger partial charge is 0.393 e. The number of aromatic amines is 1. The Hall–Kier alpha value is -2.19. The van der Waals surface area contributed by atoms with Crippen molar-refractivity contribution < 1.29 is 10.2 Å². The summed E-state index contributed by atoms with van der Waals surface area (Å²) in [7, 11) is 0. The van der Waals surface area contributed by atoms with Crippen molar-refractivity contribution in [1.29, 1.82) is 0 Å². The summed E-state index contributed by atoms with van der Waals surface area (Å²) in [5.41, 5.74) is 5.43. The Labute approximate surface area is 95.1 Å². The van der Waals surface area contributed by atoms with Crippen molar-refractivity contribution in [2.24, 2.45) is 0 Å². The Bertz CT molecular complexity index is 615. The maximum Gasteiger partial charge on any atom is 0.280 e. The lowest BCUT2D eigenvalue weighted by Crippen LogP contribution is -2.12. The minimum atomic E-state index is -0.980. The maximum atomic E-state index is 11.4. The number of hydrogen-bond acceptors (Lipinski definition) is 6. The van der Waals surface area contributed by atoms with Crippen molar-refractivity contribution in [2.75, 3.05) is 12.3 Å². The van der Waals surface area contributed by atoms with E-state index in [4.69, 9.17) is 15.9 Å². The molecule has 5 N–H and O–H groups in total. The molecule has 0 fully saturated rings. The fourth-order valence-electron chi connectivity index (χ4n) is 1.31. The highest BCUT2D eigenvalue weighted by molar-refractivity contribution is 5.72. The van der Waals surface area contributed by atoms with Gasteiger partial charge in [-0.05, 0) is 6.08 Å². The maximum absolute atomic E-state index is 11.4. The molecule has 0 aliphatic rings. The van der Waals surface area contributed by atoms with Crippen LogP contribution < -0.4 is 11.3 Å². The number of aliphatic hydroxyl groups excluding tert-OH is 2. The van der Waals surface area contributed by atoms with Gasteiger partial charge in [-0.2, -0.15) is 4.98 Å². The lowest BCUT2D eigenvalue weighted by Gasteiger charge is -1.99. The Morgan fingerprint density at radius 3 is 3.12 bits per heavy atom. The number of nitrogens with two attached hydrogens (primary N) is 1. The number of nitrogens with one attached hydrogen (secondary N) is 1. The van der Waals surface area contributed by atoms with Crippen molar-refractivity contribution >= 4 is 23.3 Å². The molecule has 0 spiro atoms. The molecule has 0 unspecified atom stereocenters. The van der Waals surface area contributed by atoms with E-state index < -0.39 is 11.7 Å². The topological polar surface area (TPSA) is 130 Å². The van der Waals surface area contributed by atoms with E-state index in [1.807, 2.05) is 0 Å². The molecule has 0 aliphatic heterocycles. The monoisotopic (exact) mass is 237 g/mol. The normalized spacial score (nSPS) is 13.5. The Morgan fingerprint density at radius 2 is 2.41 bits per heavy atom. The molecule has 0 saturated carbocycles. The molecule has 0 aromatic carbocycles. The third-order valence-electron chi connectivity index (χ3n) is 2.11. The lowest BCUT2D eigenvalue weighted by molar-refractivity contribution is 0.131. The van der Waals surface area contributed by atoms with Crippen LogP contribution in [0.4, 0.5) is 5.95 Å². The number of nitrogens with zero attached hydrogens (tertiary/aromatic N) is 3. The van der Waals surface area contributed by atoms with Gasteiger partial charge >= 0.3 is 0 Å². The second-order valence-corrected chi connectivity index (χ2v) is 3.37. The van der Waals surface area contributed by atoms with Crippen molar-refractivity contribution in [3.8, 4) is 0 Å². The molecule has 8 heteroatoms. The van der Waals surface area contributed by atoms with Crippen LogP contribution in [0.25, 0.3) is 17.4 Å². The summed E-state index contributed by atoms with van der Waals surface area (Å²) in [6, 6.07) is 0. The van der Waals surface area contributed by atoms with Crippen LogP contribution in [0.2, 0.25) is 0 Å². The summed E-state index contributed by atoms with van der Waals surface area (Å²) < 4.78 is 1.43. The molecule has 0 radical (unpaired) electrons. The predicted molar refractivity (Wildman–Crippen MR) is 61.0 cm³/mol. The first-order valence-electron chi connectivity index (χ1n) is 4.81. The second-order valence-electron chi connectivity index (χ2n) is 3.37. The van der Waals surface area contributed by atoms with E-state index in [1.54, 1.807) is 0 Å². The molecule has 90 valence electrons. The van der Waals surface area contributed by atoms with Gasteiger partial charge in [0.15, 0.2) is 11.2 Å². The van der Waals surface area contributed by atoms with Crippen molar-refractivity contribution in [2.45, 2.75) is 6.10 Å². The Morgan fingerprint density at radius 1 is 1.65 bits per heavy atom. The van der Waals surface area contributed by atoms with Gasteiger partial charge in [0.25, 0.3) is 5.56 Å². The molecule has 2 heterocycles. The van der Waals surface area contributed by atoms with E-state index in [0.717, 1.165) is 0 Å². The van der Waals surface area contributed by atoms with Crippen LogP contribution in [0.3, 0.4) is 0 Å². The number of aliphatic hydroxyl groups is 2. The summed E-state index contributed by atoms with van der Waals surface area (Å²) in [6.07, 6.45) is 3.18. The van der Waals surface area contributed by atoms with Crippen LogP contribution in [-0.2, 0) is 0 Å². The van der Waals surface area contributed by atoms with Gasteiger partial charge in [0, 0.05) is 6.20 Å². The van der Waals surface area contributed by atoms with E-state index >= 15 is 0 Å². The molecule has 0 bridgehead atoms. The number of rotatable bonds is 3. The molecule has 2 aromatic rings. The first kappa shape index (κ1) is 11.3. The number of fused-ring (bicyclic) bond motifs is 1. The molecule has 0 aliphatic carbocycles. The van der Waals surface area contributed by atoms with Crippen LogP contribution in [0, 0.1) is 0 Å². The quantitative estimate of drug-likeness (QED) is 0.515. The molecule has 2 rings (SSSR count). The number of nitrogen functional groups attached to an aromatic ring is 1. The average Bonchev–Trinajstić information content (AvgIpc) is 2.69. The first-order valence-corrected chi connectivity index (χ1v) is 4.81. The average molecular weight is 237 g/mol. The van der Waals surface area contributed by atoms with Crippen LogP contribution in [0.5, 0.6) is 0 Å². The number of anilines is 1. The van der Waals surface area contributed by atoms with Gasteiger partial charge in [0.2, 0.25) is 5.95 Å². The first-order chi connectivity index (χ1) is 8.11. The molecular weight excluding hydrogens is 226 g/mol. The minimum absolute atomic E-state index is 0.0136. The molecule has 1 atom stereocenters. The van der Waals surface area contributed by atoms with Gasteiger partial charge in [-0.3, -0.25) is 14.3 Å². The molecule has 0 saturated heterocycles. The van der Waals surface area contributed by atoms with E-state index in [-0.39, 0.29) is 23.7 Å². The summed E-state index contributed by atoms with van der Waals surface area (Å²) >= 11 is 0. The zero-order valence-corrected chi connectivity index (χ0v) is 8.74. The van der Waals surface area contributed by atoms with E-state index in [2.05, 4.69) is 15.0 Å². The highest BCUT2D eigenvalue weighted by Crippen LogP contribution is 2.06. The summed E-state index contributed by atoms with van der Waals surface area (Å²) in [6.45, 7) is -0.390. The van der Waals surface area contributed by atoms with Crippen LogP contribution >= 0.6 is 0 Å². The number of hydrogen-bond donors (Lipinski definition) is 4. The van der Waals surface area contributed by atoms with Gasteiger partial charge in [0.05, 0.1) is 12.7 Å². The fraction of sp³-hybridized carbons (Fsp3) is 0.222. The second kappa shape index (κ2) is 4.36. The molecular formula is C9H11N5O3. The van der Waals surface area contributed by atoms with Crippen molar-refractivity contribution in [3.05, 3.63) is 22.8 Å². The summed E-state index contributed by atoms with van der Waals surface area (Å²) in [4.78, 5) is 21.6. The van der Waals surface area contributed by atoms with Crippen LogP contribution in [0.15, 0.2) is 17.2 Å². The van der Waals surface area contributed by atoms with Crippen LogP contribution in [0.1, 0.15) is 0 Å². The third kappa shape index (κ3) is 2.17. The Kier molecular flexibility index (Phi) is 2.90. The van der Waals surface area contributed by atoms with Crippen molar-refractivity contribution in [1.82, 2.24) is 19.5 Å². The zero-order chi connectivity index (χ0) is 12.4. The highest BCUT2D eigenvalue weighted by atomic mass is 16.3. The molecule has 0 amide bonds. The Balaban J connectivity index is 2.49. The predicted octanol–water partition coefficient (Wildman–Crippen LogP) is -1.47. The smallest absolute Gasteiger partial charge is 0.280 e. The van der Waals surface area contributed by atoms with Gasteiger partial charge in [-0.1, -0.05) is 0 Å². The summed E-state index contributed by atoms with van der Waals surface area (Å²) in [5, 5.41) is 17.8. The van der Waals surface area contributed by atoms with Crippen LogP contribution in [-0.4, -0.2) is 42.4 Å². The standard InChI is InChI=1S/C9H11N5O3/c10-9-12-7-6(8(17)13-9)11-4-14(7)2-1-5(16)3-15/h1-2,4-5,15-16H,3H2,(H3,10,12,13,17)/b2-1+/t5-/m0/s1. The van der Waals surface area contributed by atoms with Crippen molar-refractivity contribution in [3.63, 3.8) is 0 Å². The van der Waals surface area contributed by atoms with Gasteiger partial charge in [-0.25, -0.2) is 4.98 Å². The third-order valence-corrected chi connectivity index (χ3v) is 2.11. The van der Waals surface area contributed by atoms with E-state index in [9.17, 15) is 4.79 Å². The molecule has 17 heavy (non-hydrogen) atoms. The number of H-pyrrole nitrogens is 1. The number of imidazole rings is 1. The lowest BCUT2D eigenvalue weighted by atomic mass is 10.4. The van der Waals surface area contributed by atoms with E-state index in [1.165, 1.54) is 23.2 Å². The number of aromatic nitrogens is 4. The van der Waals surface area contributed by atoms with E-state index in [0.29, 0.717) is 0 Å². The van der Waals surface area contributed by atoms with Gasteiger partial charge in [0.1, 0.15) is 6.33 Å². The highest BCUT2D eigenvalue weighted by Gasteiger charge is 2.07. The fourth-order valence-corrected chi connectivity index (χ4v) is 1.31. The zero-order valence-electron chi connectivity index (χ0n) is 8.74. The molecule has 8 nitrogen and oxygen atoms in total. The summed E-state index contributed by atoms with van der Waals surface area (Å²) in [5.74, 6) is -0.0136. The molecule has 2 aromatic heterocycles. The SMILES string of the molecule is Nc1nc2c(ncn2/C=C/[C@H](O)CO)c(=O)[nH]1. The minimum Gasteiger partial charge on any atom is -0.393 e. The van der Waals surface area contributed by atoms with Gasteiger partial charge in [-0.15, -0.1) is 0 Å².